The number of halogens is 1. The zero-order chi connectivity index (χ0) is 18.6. The highest BCUT2D eigenvalue weighted by Gasteiger charge is 2.35. The SMILES string of the molecule is C=CCN(CC=C)C1(C)CCC(Nc2ccnc3ccc(Br)cc23)CC1. The third-order valence-corrected chi connectivity index (χ3v) is 6.08. The molecule has 0 aliphatic heterocycles. The van der Waals surface area contributed by atoms with E-state index in [9.17, 15) is 0 Å². The first-order valence-electron chi connectivity index (χ1n) is 9.33. The van der Waals surface area contributed by atoms with Crippen molar-refractivity contribution in [1.29, 1.82) is 0 Å². The molecule has 1 heterocycles. The van der Waals surface area contributed by atoms with E-state index in [1.54, 1.807) is 0 Å². The van der Waals surface area contributed by atoms with Crippen LogP contribution in [0.2, 0.25) is 0 Å². The summed E-state index contributed by atoms with van der Waals surface area (Å²) in [6.07, 6.45) is 10.6. The third-order valence-electron chi connectivity index (χ3n) is 5.59. The standard InChI is InChI=1S/C22H28BrN3/c1-4-14-26(15-5-2)22(3)11-8-18(9-12-22)25-21-10-13-24-20-7-6-17(23)16-19(20)21/h4-7,10,13,16,18H,1-2,8-9,11-12,14-15H2,3H3,(H,24,25). The van der Waals surface area contributed by atoms with Crippen LogP contribution in [0.3, 0.4) is 0 Å². The van der Waals surface area contributed by atoms with Gasteiger partial charge in [0.25, 0.3) is 0 Å². The van der Waals surface area contributed by atoms with Crippen molar-refractivity contribution in [1.82, 2.24) is 9.88 Å². The van der Waals surface area contributed by atoms with E-state index in [2.05, 4.69) is 69.4 Å². The number of pyridine rings is 1. The Balaban J connectivity index is 1.70. The van der Waals surface area contributed by atoms with E-state index >= 15 is 0 Å². The molecule has 1 fully saturated rings. The van der Waals surface area contributed by atoms with Crippen molar-refractivity contribution < 1.29 is 0 Å². The zero-order valence-corrected chi connectivity index (χ0v) is 17.1. The average molecular weight is 414 g/mol. The largest absolute Gasteiger partial charge is 0.382 e. The molecule has 0 unspecified atom stereocenters. The molecule has 1 aliphatic carbocycles. The Morgan fingerprint density at radius 3 is 2.58 bits per heavy atom. The quantitative estimate of drug-likeness (QED) is 0.582. The molecule has 1 aromatic heterocycles. The monoisotopic (exact) mass is 413 g/mol. The van der Waals surface area contributed by atoms with Gasteiger partial charge in [0.05, 0.1) is 5.52 Å². The number of hydrogen-bond acceptors (Lipinski definition) is 3. The van der Waals surface area contributed by atoms with Gasteiger partial charge in [-0.3, -0.25) is 9.88 Å². The molecule has 26 heavy (non-hydrogen) atoms. The van der Waals surface area contributed by atoms with E-state index in [1.807, 2.05) is 24.4 Å². The van der Waals surface area contributed by atoms with Gasteiger partial charge in [0.15, 0.2) is 0 Å². The maximum Gasteiger partial charge on any atom is 0.0723 e. The fraction of sp³-hybridized carbons (Fsp3) is 0.409. The smallest absolute Gasteiger partial charge is 0.0723 e. The minimum Gasteiger partial charge on any atom is -0.382 e. The van der Waals surface area contributed by atoms with Crippen molar-refractivity contribution in [3.05, 3.63) is 60.2 Å². The summed E-state index contributed by atoms with van der Waals surface area (Å²) in [6, 6.07) is 8.84. The fourth-order valence-corrected chi connectivity index (χ4v) is 4.35. The van der Waals surface area contributed by atoms with Crippen LogP contribution < -0.4 is 5.32 Å². The van der Waals surface area contributed by atoms with Gasteiger partial charge < -0.3 is 5.32 Å². The van der Waals surface area contributed by atoms with Gasteiger partial charge in [0.2, 0.25) is 0 Å². The van der Waals surface area contributed by atoms with E-state index in [-0.39, 0.29) is 5.54 Å². The Bertz CT molecular complexity index is 768. The normalized spacial score (nSPS) is 23.1. The maximum absolute atomic E-state index is 4.48. The minimum atomic E-state index is 0.226. The molecule has 4 heteroatoms. The first kappa shape index (κ1) is 19.1. The molecule has 0 radical (unpaired) electrons. The van der Waals surface area contributed by atoms with Crippen molar-refractivity contribution in [3.8, 4) is 0 Å². The van der Waals surface area contributed by atoms with Gasteiger partial charge in [-0.05, 0) is 56.9 Å². The molecule has 0 atom stereocenters. The summed E-state index contributed by atoms with van der Waals surface area (Å²) in [4.78, 5) is 6.98. The second kappa shape index (κ2) is 8.36. The fourth-order valence-electron chi connectivity index (χ4n) is 3.99. The lowest BCUT2D eigenvalue weighted by atomic mass is 9.79. The summed E-state index contributed by atoms with van der Waals surface area (Å²) < 4.78 is 1.08. The van der Waals surface area contributed by atoms with Gasteiger partial charge in [-0.2, -0.15) is 0 Å². The molecule has 3 rings (SSSR count). The molecule has 1 saturated carbocycles. The number of nitrogens with one attached hydrogen (secondary N) is 1. The summed E-state index contributed by atoms with van der Waals surface area (Å²) in [6.45, 7) is 12.1. The van der Waals surface area contributed by atoms with Gasteiger partial charge in [0, 0.05) is 46.4 Å². The average Bonchev–Trinajstić information content (AvgIpc) is 2.64. The molecule has 1 aliphatic rings. The molecule has 0 spiro atoms. The topological polar surface area (TPSA) is 28.2 Å². The van der Waals surface area contributed by atoms with Gasteiger partial charge in [0.1, 0.15) is 0 Å². The van der Waals surface area contributed by atoms with Crippen molar-refractivity contribution in [2.24, 2.45) is 0 Å². The van der Waals surface area contributed by atoms with Crippen molar-refractivity contribution in [2.45, 2.75) is 44.2 Å². The number of rotatable bonds is 7. The van der Waals surface area contributed by atoms with E-state index in [1.165, 1.54) is 36.8 Å². The van der Waals surface area contributed by atoms with Crippen LogP contribution in [0.4, 0.5) is 5.69 Å². The van der Waals surface area contributed by atoms with Crippen LogP contribution in [-0.2, 0) is 0 Å². The van der Waals surface area contributed by atoms with E-state index in [4.69, 9.17) is 0 Å². The van der Waals surface area contributed by atoms with Gasteiger partial charge in [-0.1, -0.05) is 28.1 Å². The molecule has 138 valence electrons. The van der Waals surface area contributed by atoms with Gasteiger partial charge in [-0.15, -0.1) is 13.2 Å². The van der Waals surface area contributed by atoms with Gasteiger partial charge >= 0.3 is 0 Å². The molecular weight excluding hydrogens is 386 g/mol. The molecule has 1 N–H and O–H groups in total. The van der Waals surface area contributed by atoms with Crippen LogP contribution in [0.25, 0.3) is 10.9 Å². The van der Waals surface area contributed by atoms with Crippen molar-refractivity contribution in [2.75, 3.05) is 18.4 Å². The lowest BCUT2D eigenvalue weighted by Gasteiger charge is -2.45. The highest BCUT2D eigenvalue weighted by Crippen LogP contribution is 2.35. The number of anilines is 1. The summed E-state index contributed by atoms with van der Waals surface area (Å²) >= 11 is 3.57. The number of benzene rings is 1. The van der Waals surface area contributed by atoms with E-state index in [0.29, 0.717) is 6.04 Å². The number of aromatic nitrogens is 1. The van der Waals surface area contributed by atoms with Crippen LogP contribution in [-0.4, -0.2) is 34.6 Å². The summed E-state index contributed by atoms with van der Waals surface area (Å²) in [7, 11) is 0. The Morgan fingerprint density at radius 1 is 1.23 bits per heavy atom. The first-order valence-corrected chi connectivity index (χ1v) is 10.1. The Morgan fingerprint density at radius 2 is 1.92 bits per heavy atom. The van der Waals surface area contributed by atoms with Crippen LogP contribution >= 0.6 is 15.9 Å². The summed E-state index contributed by atoms with van der Waals surface area (Å²) in [5, 5.41) is 4.95. The van der Waals surface area contributed by atoms with E-state index < -0.39 is 0 Å². The predicted molar refractivity (Wildman–Crippen MR) is 116 cm³/mol. The van der Waals surface area contributed by atoms with Crippen LogP contribution in [0.15, 0.2) is 60.2 Å². The summed E-state index contributed by atoms with van der Waals surface area (Å²) in [5.74, 6) is 0. The molecule has 0 amide bonds. The summed E-state index contributed by atoms with van der Waals surface area (Å²) in [5.41, 5.74) is 2.44. The van der Waals surface area contributed by atoms with Crippen molar-refractivity contribution in [3.63, 3.8) is 0 Å². The molecule has 0 saturated heterocycles. The lowest BCUT2D eigenvalue weighted by molar-refractivity contribution is 0.0861. The molecular formula is C22H28BrN3. The van der Waals surface area contributed by atoms with E-state index in [0.717, 1.165) is 23.1 Å². The first-order chi connectivity index (χ1) is 12.6. The van der Waals surface area contributed by atoms with Crippen LogP contribution in [0, 0.1) is 0 Å². The van der Waals surface area contributed by atoms with Gasteiger partial charge in [-0.25, -0.2) is 0 Å². The Hall–Kier alpha value is -1.65. The zero-order valence-electron chi connectivity index (χ0n) is 15.5. The molecule has 0 bridgehead atoms. The minimum absolute atomic E-state index is 0.226. The van der Waals surface area contributed by atoms with Crippen LogP contribution in [0.1, 0.15) is 32.6 Å². The Kier molecular flexibility index (Phi) is 6.15. The maximum atomic E-state index is 4.48. The molecule has 1 aromatic carbocycles. The molecule has 2 aromatic rings. The van der Waals surface area contributed by atoms with Crippen LogP contribution in [0.5, 0.6) is 0 Å². The number of nitrogens with zero attached hydrogens (tertiary/aromatic N) is 2. The van der Waals surface area contributed by atoms with Crippen molar-refractivity contribution >= 4 is 32.5 Å². The third kappa shape index (κ3) is 4.18. The highest BCUT2D eigenvalue weighted by atomic mass is 79.9. The Labute approximate surface area is 165 Å². The second-order valence-corrected chi connectivity index (χ2v) is 8.33. The number of fused-ring (bicyclic) bond motifs is 1. The lowest BCUT2D eigenvalue weighted by Crippen LogP contribution is -2.50. The molecule has 3 nitrogen and oxygen atoms in total. The second-order valence-electron chi connectivity index (χ2n) is 7.42. The predicted octanol–water partition coefficient (Wildman–Crippen LogP) is 5.78. The highest BCUT2D eigenvalue weighted by molar-refractivity contribution is 9.10. The number of hydrogen-bond donors (Lipinski definition) is 1.